The molecule has 0 aromatic heterocycles. The molecule has 152 valence electrons. The molecule has 0 bridgehead atoms. The normalized spacial score (nSPS) is 18.9. The average Bonchev–Trinajstić information content (AvgIpc) is 3.30. The van der Waals surface area contributed by atoms with E-state index in [0.29, 0.717) is 12.5 Å². The van der Waals surface area contributed by atoms with Crippen molar-refractivity contribution in [1.29, 1.82) is 0 Å². The predicted molar refractivity (Wildman–Crippen MR) is 121 cm³/mol. The Kier molecular flexibility index (Phi) is 5.37. The lowest BCUT2D eigenvalue weighted by Crippen LogP contribution is -2.41. The summed E-state index contributed by atoms with van der Waals surface area (Å²) in [4.78, 5) is 17.5. The molecular formula is C27H28N2O. The van der Waals surface area contributed by atoms with E-state index in [-0.39, 0.29) is 5.91 Å². The summed E-state index contributed by atoms with van der Waals surface area (Å²) in [6, 6.07) is 28.1. The van der Waals surface area contributed by atoms with Gasteiger partial charge in [-0.15, -0.1) is 0 Å². The second-order valence-electron chi connectivity index (χ2n) is 8.51. The van der Waals surface area contributed by atoms with E-state index in [9.17, 15) is 4.79 Å². The lowest BCUT2D eigenvalue weighted by molar-refractivity contribution is -0.129. The van der Waals surface area contributed by atoms with E-state index >= 15 is 0 Å². The van der Waals surface area contributed by atoms with Crippen LogP contribution >= 0.6 is 0 Å². The van der Waals surface area contributed by atoms with Crippen LogP contribution < -0.4 is 0 Å². The van der Waals surface area contributed by atoms with Gasteiger partial charge in [0.25, 0.3) is 0 Å². The van der Waals surface area contributed by atoms with E-state index in [4.69, 9.17) is 0 Å². The zero-order valence-electron chi connectivity index (χ0n) is 17.3. The molecule has 3 nitrogen and oxygen atoms in total. The number of carbonyl (C=O) groups is 1. The van der Waals surface area contributed by atoms with E-state index in [1.807, 2.05) is 6.07 Å². The number of fused-ring (bicyclic) bond motifs is 1. The van der Waals surface area contributed by atoms with Gasteiger partial charge in [0.1, 0.15) is 0 Å². The minimum absolute atomic E-state index is 0.252. The Balaban J connectivity index is 1.18. The molecule has 0 N–H and O–H groups in total. The first kappa shape index (κ1) is 19.1. The van der Waals surface area contributed by atoms with Crippen LogP contribution in [0.1, 0.15) is 23.1 Å². The first-order chi connectivity index (χ1) is 14.8. The molecule has 3 aromatic carbocycles. The Bertz CT molecular complexity index is 1010. The predicted octanol–water partition coefficient (Wildman–Crippen LogP) is 4.56. The van der Waals surface area contributed by atoms with Crippen molar-refractivity contribution in [3.05, 3.63) is 95.6 Å². The van der Waals surface area contributed by atoms with E-state index in [1.54, 1.807) is 0 Å². The second-order valence-corrected chi connectivity index (χ2v) is 8.51. The Morgan fingerprint density at radius 1 is 0.800 bits per heavy atom. The third-order valence-electron chi connectivity index (χ3n) is 6.61. The Labute approximate surface area is 178 Å². The summed E-state index contributed by atoms with van der Waals surface area (Å²) in [6.45, 7) is 3.86. The molecule has 1 fully saturated rings. The third-order valence-corrected chi connectivity index (χ3v) is 6.61. The van der Waals surface area contributed by atoms with Crippen LogP contribution in [0, 0.1) is 0 Å². The number of amides is 1. The van der Waals surface area contributed by atoms with Gasteiger partial charge in [0.2, 0.25) is 5.91 Å². The molecule has 0 aliphatic carbocycles. The smallest absolute Gasteiger partial charge is 0.227 e. The molecule has 1 atom stereocenters. The second kappa shape index (κ2) is 8.45. The van der Waals surface area contributed by atoms with Crippen molar-refractivity contribution in [1.82, 2.24) is 9.80 Å². The number of hydrogen-bond donors (Lipinski definition) is 0. The monoisotopic (exact) mass is 396 g/mol. The van der Waals surface area contributed by atoms with Crippen molar-refractivity contribution < 1.29 is 4.79 Å². The van der Waals surface area contributed by atoms with Crippen molar-refractivity contribution in [2.24, 2.45) is 0 Å². The highest BCUT2D eigenvalue weighted by Crippen LogP contribution is 2.25. The standard InChI is InChI=1S/C27H28N2O/c30-27(18-21-10-12-24(13-11-21)22-6-2-1-3-7-22)29-17-15-26(20-29)28-16-14-23-8-4-5-9-25(23)19-28/h1-13,26H,14-20H2/t26-/m0/s1. The molecule has 2 heterocycles. The molecule has 0 saturated carbocycles. The largest absolute Gasteiger partial charge is 0.341 e. The maximum Gasteiger partial charge on any atom is 0.227 e. The van der Waals surface area contributed by atoms with Crippen LogP contribution in [0.5, 0.6) is 0 Å². The van der Waals surface area contributed by atoms with Crippen molar-refractivity contribution in [3.8, 4) is 11.1 Å². The van der Waals surface area contributed by atoms with Gasteiger partial charge in [0.15, 0.2) is 0 Å². The summed E-state index contributed by atoms with van der Waals surface area (Å²) in [6.07, 6.45) is 2.69. The van der Waals surface area contributed by atoms with Crippen molar-refractivity contribution in [2.45, 2.75) is 31.8 Å². The molecule has 0 unspecified atom stereocenters. The van der Waals surface area contributed by atoms with Crippen LogP contribution in [0.15, 0.2) is 78.9 Å². The van der Waals surface area contributed by atoms with Crippen molar-refractivity contribution >= 4 is 5.91 Å². The molecule has 0 radical (unpaired) electrons. The van der Waals surface area contributed by atoms with Gasteiger partial charge in [0.05, 0.1) is 6.42 Å². The molecular weight excluding hydrogens is 368 g/mol. The van der Waals surface area contributed by atoms with Crippen molar-refractivity contribution in [3.63, 3.8) is 0 Å². The van der Waals surface area contributed by atoms with Crippen LogP contribution in [-0.4, -0.2) is 41.4 Å². The first-order valence-corrected chi connectivity index (χ1v) is 11.0. The molecule has 1 amide bonds. The molecule has 2 aliphatic rings. The highest BCUT2D eigenvalue weighted by molar-refractivity contribution is 5.79. The Hall–Kier alpha value is -2.91. The van der Waals surface area contributed by atoms with Crippen LogP contribution in [0.25, 0.3) is 11.1 Å². The Morgan fingerprint density at radius 2 is 1.50 bits per heavy atom. The van der Waals surface area contributed by atoms with E-state index in [1.165, 1.54) is 22.3 Å². The molecule has 3 heteroatoms. The summed E-state index contributed by atoms with van der Waals surface area (Å²) in [5.41, 5.74) is 6.43. The SMILES string of the molecule is O=C(Cc1ccc(-c2ccccc2)cc1)N1CC[C@H](N2CCc3ccccc3C2)C1. The summed E-state index contributed by atoms with van der Waals surface area (Å²) >= 11 is 0. The lowest BCUT2D eigenvalue weighted by Gasteiger charge is -2.33. The van der Waals surface area contributed by atoms with E-state index < -0.39 is 0 Å². The van der Waals surface area contributed by atoms with Gasteiger partial charge in [-0.25, -0.2) is 0 Å². The minimum atomic E-state index is 0.252. The Morgan fingerprint density at radius 3 is 2.30 bits per heavy atom. The molecule has 2 aliphatic heterocycles. The van der Waals surface area contributed by atoms with Gasteiger partial charge >= 0.3 is 0 Å². The van der Waals surface area contributed by atoms with Gasteiger partial charge in [-0.2, -0.15) is 0 Å². The highest BCUT2D eigenvalue weighted by atomic mass is 16.2. The van der Waals surface area contributed by atoms with Gasteiger partial charge in [0, 0.05) is 32.2 Å². The zero-order valence-corrected chi connectivity index (χ0v) is 17.3. The van der Waals surface area contributed by atoms with Gasteiger partial charge in [-0.1, -0.05) is 78.9 Å². The lowest BCUT2D eigenvalue weighted by atomic mass is 9.98. The molecule has 0 spiro atoms. The third kappa shape index (κ3) is 4.03. The number of benzene rings is 3. The number of rotatable bonds is 4. The quantitative estimate of drug-likeness (QED) is 0.646. The molecule has 1 saturated heterocycles. The van der Waals surface area contributed by atoms with E-state index in [0.717, 1.165) is 44.6 Å². The first-order valence-electron chi connectivity index (χ1n) is 11.0. The summed E-state index contributed by atoms with van der Waals surface area (Å²) in [5, 5.41) is 0. The zero-order chi connectivity index (χ0) is 20.3. The fourth-order valence-corrected chi connectivity index (χ4v) is 4.83. The summed E-state index contributed by atoms with van der Waals surface area (Å²) in [7, 11) is 0. The summed E-state index contributed by atoms with van der Waals surface area (Å²) in [5.74, 6) is 0.252. The highest BCUT2D eigenvalue weighted by Gasteiger charge is 2.31. The number of nitrogens with zero attached hydrogens (tertiary/aromatic N) is 2. The van der Waals surface area contributed by atoms with Gasteiger partial charge in [-0.05, 0) is 40.7 Å². The van der Waals surface area contributed by atoms with Crippen LogP contribution in [-0.2, 0) is 24.2 Å². The minimum Gasteiger partial charge on any atom is -0.341 e. The topological polar surface area (TPSA) is 23.6 Å². The molecule has 30 heavy (non-hydrogen) atoms. The number of likely N-dealkylation sites (tertiary alicyclic amines) is 1. The average molecular weight is 397 g/mol. The fraction of sp³-hybridized carbons (Fsp3) is 0.296. The van der Waals surface area contributed by atoms with Crippen LogP contribution in [0.2, 0.25) is 0 Å². The molecule has 3 aromatic rings. The number of hydrogen-bond acceptors (Lipinski definition) is 2. The maximum atomic E-state index is 12.9. The summed E-state index contributed by atoms with van der Waals surface area (Å²) < 4.78 is 0. The van der Waals surface area contributed by atoms with Crippen molar-refractivity contribution in [2.75, 3.05) is 19.6 Å². The maximum absolute atomic E-state index is 12.9. The fourth-order valence-electron chi connectivity index (χ4n) is 4.83. The van der Waals surface area contributed by atoms with E-state index in [2.05, 4.69) is 82.6 Å². The molecule has 5 rings (SSSR count). The number of carbonyl (C=O) groups excluding carboxylic acids is 1. The van der Waals surface area contributed by atoms with Crippen LogP contribution in [0.3, 0.4) is 0 Å². The van der Waals surface area contributed by atoms with Gasteiger partial charge in [-0.3, -0.25) is 9.69 Å². The van der Waals surface area contributed by atoms with Gasteiger partial charge < -0.3 is 4.90 Å². The van der Waals surface area contributed by atoms with Crippen LogP contribution in [0.4, 0.5) is 0 Å².